The highest BCUT2D eigenvalue weighted by atomic mass is 19.1. The zero-order chi connectivity index (χ0) is 15.0. The first-order valence-electron chi connectivity index (χ1n) is 6.37. The molecule has 21 heavy (non-hydrogen) atoms. The minimum atomic E-state index is -0.802. The number of halogens is 2. The van der Waals surface area contributed by atoms with E-state index in [1.165, 1.54) is 6.07 Å². The molecule has 0 bridgehead atoms. The monoisotopic (exact) mass is 286 g/mol. The SMILES string of the molecule is Cn1ccc2cc(C(=O)Nc3c(F)cccc3F)ccc21. The zero-order valence-electron chi connectivity index (χ0n) is 11.2. The Balaban J connectivity index is 1.93. The second-order valence-corrected chi connectivity index (χ2v) is 4.75. The van der Waals surface area contributed by atoms with Gasteiger partial charge in [0, 0.05) is 29.7 Å². The van der Waals surface area contributed by atoms with Crippen LogP contribution >= 0.6 is 0 Å². The van der Waals surface area contributed by atoms with Gasteiger partial charge in [-0.1, -0.05) is 6.07 Å². The van der Waals surface area contributed by atoms with Crippen LogP contribution < -0.4 is 5.32 Å². The Kier molecular flexibility index (Phi) is 3.17. The lowest BCUT2D eigenvalue weighted by molar-refractivity contribution is 0.102. The Morgan fingerprint density at radius 3 is 2.52 bits per heavy atom. The van der Waals surface area contributed by atoms with Crippen molar-refractivity contribution in [3.8, 4) is 0 Å². The van der Waals surface area contributed by atoms with Crippen LogP contribution in [0.4, 0.5) is 14.5 Å². The molecule has 2 aromatic carbocycles. The average molecular weight is 286 g/mol. The minimum absolute atomic E-state index is 0.344. The summed E-state index contributed by atoms with van der Waals surface area (Å²) in [5.41, 5.74) is 0.885. The Morgan fingerprint density at radius 1 is 1.10 bits per heavy atom. The van der Waals surface area contributed by atoms with Gasteiger partial charge in [-0.25, -0.2) is 8.78 Å². The molecule has 0 atom stereocenters. The average Bonchev–Trinajstić information content (AvgIpc) is 2.84. The molecule has 1 N–H and O–H groups in total. The van der Waals surface area contributed by atoms with Gasteiger partial charge in [0.25, 0.3) is 5.91 Å². The van der Waals surface area contributed by atoms with Gasteiger partial charge in [-0.3, -0.25) is 4.79 Å². The molecular weight excluding hydrogens is 274 g/mol. The molecule has 1 heterocycles. The van der Waals surface area contributed by atoms with E-state index in [0.29, 0.717) is 5.56 Å². The number of fused-ring (bicyclic) bond motifs is 1. The lowest BCUT2D eigenvalue weighted by atomic mass is 10.1. The van der Waals surface area contributed by atoms with Gasteiger partial charge in [0.2, 0.25) is 0 Å². The smallest absolute Gasteiger partial charge is 0.255 e. The number of rotatable bonds is 2. The number of nitrogens with zero attached hydrogens (tertiary/aromatic N) is 1. The van der Waals surface area contributed by atoms with Crippen molar-refractivity contribution >= 4 is 22.5 Å². The van der Waals surface area contributed by atoms with Gasteiger partial charge < -0.3 is 9.88 Å². The van der Waals surface area contributed by atoms with Crippen molar-refractivity contribution in [2.24, 2.45) is 7.05 Å². The van der Waals surface area contributed by atoms with Crippen molar-refractivity contribution in [3.05, 3.63) is 65.9 Å². The predicted molar refractivity (Wildman–Crippen MR) is 77.2 cm³/mol. The second-order valence-electron chi connectivity index (χ2n) is 4.75. The maximum atomic E-state index is 13.5. The number of para-hydroxylation sites is 1. The van der Waals surface area contributed by atoms with Gasteiger partial charge in [-0.2, -0.15) is 0 Å². The molecule has 0 aliphatic rings. The summed E-state index contributed by atoms with van der Waals surface area (Å²) in [6.07, 6.45) is 1.88. The van der Waals surface area contributed by atoms with Gasteiger partial charge in [0.15, 0.2) is 0 Å². The molecule has 0 radical (unpaired) electrons. The molecule has 1 aromatic heterocycles. The summed E-state index contributed by atoms with van der Waals surface area (Å²) < 4.78 is 29.0. The maximum Gasteiger partial charge on any atom is 0.255 e. The van der Waals surface area contributed by atoms with Crippen LogP contribution in [-0.4, -0.2) is 10.5 Å². The number of anilines is 1. The summed E-state index contributed by atoms with van der Waals surface area (Å²) in [4.78, 5) is 12.1. The number of carbonyl (C=O) groups is 1. The van der Waals surface area contributed by atoms with E-state index in [-0.39, 0.29) is 0 Å². The summed E-state index contributed by atoms with van der Waals surface area (Å²) in [5, 5.41) is 3.16. The van der Waals surface area contributed by atoms with Crippen LogP contribution in [0, 0.1) is 11.6 Å². The van der Waals surface area contributed by atoms with Crippen LogP contribution in [0.2, 0.25) is 0 Å². The second kappa shape index (κ2) is 5.01. The molecule has 106 valence electrons. The molecule has 0 fully saturated rings. The first kappa shape index (κ1) is 13.3. The number of amides is 1. The molecule has 0 aliphatic carbocycles. The van der Waals surface area contributed by atoms with Crippen molar-refractivity contribution in [2.45, 2.75) is 0 Å². The fraction of sp³-hybridized carbons (Fsp3) is 0.0625. The lowest BCUT2D eigenvalue weighted by Crippen LogP contribution is -2.14. The number of nitrogens with one attached hydrogen (secondary N) is 1. The molecule has 0 aliphatic heterocycles. The van der Waals surface area contributed by atoms with Crippen LogP contribution in [-0.2, 0) is 7.05 Å². The molecule has 0 unspecified atom stereocenters. The number of aryl methyl sites for hydroxylation is 1. The number of aromatic nitrogens is 1. The fourth-order valence-corrected chi connectivity index (χ4v) is 2.23. The first-order chi connectivity index (χ1) is 10.1. The topological polar surface area (TPSA) is 34.0 Å². The summed E-state index contributed by atoms with van der Waals surface area (Å²) in [7, 11) is 1.90. The number of hydrogen-bond donors (Lipinski definition) is 1. The molecule has 0 saturated heterocycles. The van der Waals surface area contributed by atoms with Crippen LogP contribution in [0.15, 0.2) is 48.7 Å². The van der Waals surface area contributed by atoms with Gasteiger partial charge in [-0.05, 0) is 36.4 Å². The highest BCUT2D eigenvalue weighted by molar-refractivity contribution is 6.06. The molecule has 1 amide bonds. The third-order valence-corrected chi connectivity index (χ3v) is 3.35. The molecule has 3 nitrogen and oxygen atoms in total. The van der Waals surface area contributed by atoms with E-state index in [9.17, 15) is 13.6 Å². The first-order valence-corrected chi connectivity index (χ1v) is 6.37. The van der Waals surface area contributed by atoms with Gasteiger partial charge in [0.1, 0.15) is 17.3 Å². The Hall–Kier alpha value is -2.69. The fourth-order valence-electron chi connectivity index (χ4n) is 2.23. The van der Waals surface area contributed by atoms with Crippen molar-refractivity contribution < 1.29 is 13.6 Å². The Bertz CT molecular complexity index is 819. The van der Waals surface area contributed by atoms with Crippen molar-refractivity contribution in [1.82, 2.24) is 4.57 Å². The van der Waals surface area contributed by atoms with Crippen LogP contribution in [0.5, 0.6) is 0 Å². The van der Waals surface area contributed by atoms with Gasteiger partial charge in [-0.15, -0.1) is 0 Å². The van der Waals surface area contributed by atoms with E-state index >= 15 is 0 Å². The largest absolute Gasteiger partial charge is 0.351 e. The quantitative estimate of drug-likeness (QED) is 0.765. The number of benzene rings is 2. The third kappa shape index (κ3) is 2.38. The zero-order valence-corrected chi connectivity index (χ0v) is 11.2. The molecular formula is C16H12F2N2O. The molecule has 3 rings (SSSR count). The number of hydrogen-bond acceptors (Lipinski definition) is 1. The predicted octanol–water partition coefficient (Wildman–Crippen LogP) is 3.71. The van der Waals surface area contributed by atoms with Crippen LogP contribution in [0.3, 0.4) is 0 Å². The normalized spacial score (nSPS) is 10.8. The molecule has 3 aromatic rings. The van der Waals surface area contributed by atoms with E-state index in [0.717, 1.165) is 23.0 Å². The summed E-state index contributed by atoms with van der Waals surface area (Å²) in [6.45, 7) is 0. The van der Waals surface area contributed by atoms with E-state index in [1.54, 1.807) is 18.2 Å². The van der Waals surface area contributed by atoms with Crippen molar-refractivity contribution in [3.63, 3.8) is 0 Å². The van der Waals surface area contributed by atoms with Crippen LogP contribution in [0.25, 0.3) is 10.9 Å². The summed E-state index contributed by atoms with van der Waals surface area (Å²) in [6, 6.07) is 10.4. The Labute approximate surface area is 119 Å². The minimum Gasteiger partial charge on any atom is -0.351 e. The van der Waals surface area contributed by atoms with Crippen LogP contribution in [0.1, 0.15) is 10.4 Å². The molecule has 5 heteroatoms. The van der Waals surface area contributed by atoms with Crippen molar-refractivity contribution in [2.75, 3.05) is 5.32 Å². The Morgan fingerprint density at radius 2 is 1.81 bits per heavy atom. The van der Waals surface area contributed by atoms with Gasteiger partial charge in [0.05, 0.1) is 0 Å². The summed E-state index contributed by atoms with van der Waals surface area (Å²) >= 11 is 0. The van der Waals surface area contributed by atoms with E-state index in [2.05, 4.69) is 5.32 Å². The highest BCUT2D eigenvalue weighted by Crippen LogP contribution is 2.21. The summed E-state index contributed by atoms with van der Waals surface area (Å²) in [5.74, 6) is -2.15. The highest BCUT2D eigenvalue weighted by Gasteiger charge is 2.14. The van der Waals surface area contributed by atoms with E-state index < -0.39 is 23.2 Å². The maximum absolute atomic E-state index is 13.5. The lowest BCUT2D eigenvalue weighted by Gasteiger charge is -2.08. The molecule has 0 saturated carbocycles. The van der Waals surface area contributed by atoms with Gasteiger partial charge >= 0.3 is 0 Å². The van der Waals surface area contributed by atoms with E-state index in [1.807, 2.05) is 23.9 Å². The standard InChI is InChI=1S/C16H12F2N2O/c1-20-8-7-10-9-11(5-6-14(10)20)16(21)19-15-12(17)3-2-4-13(15)18/h2-9H,1H3,(H,19,21). The number of carbonyl (C=O) groups excluding carboxylic acids is 1. The van der Waals surface area contributed by atoms with Crippen molar-refractivity contribution in [1.29, 1.82) is 0 Å². The van der Waals surface area contributed by atoms with E-state index in [4.69, 9.17) is 0 Å². The molecule has 0 spiro atoms. The third-order valence-electron chi connectivity index (χ3n) is 3.35.